The minimum atomic E-state index is -0.595. The van der Waals surface area contributed by atoms with Crippen LogP contribution in [-0.4, -0.2) is 26.6 Å². The summed E-state index contributed by atoms with van der Waals surface area (Å²) in [6.07, 6.45) is 7.53. The molecule has 0 bridgehead atoms. The predicted molar refractivity (Wildman–Crippen MR) is 127 cm³/mol. The van der Waals surface area contributed by atoms with Gasteiger partial charge in [-0.05, 0) is 29.8 Å². The van der Waals surface area contributed by atoms with Crippen molar-refractivity contribution in [3.8, 4) is 28.4 Å². The molecule has 5 rings (SSSR count). The van der Waals surface area contributed by atoms with Gasteiger partial charge in [-0.2, -0.15) is 0 Å². The lowest BCUT2D eigenvalue weighted by Crippen LogP contribution is -2.12. The number of hydrogen-bond donors (Lipinski definition) is 1. The largest absolute Gasteiger partial charge is 0.497 e. The summed E-state index contributed by atoms with van der Waals surface area (Å²) >= 11 is 6.39. The molecule has 4 heterocycles. The Morgan fingerprint density at radius 3 is 2.74 bits per heavy atom. The van der Waals surface area contributed by atoms with Gasteiger partial charge in [0.15, 0.2) is 17.4 Å². The maximum atomic E-state index is 15.7. The van der Waals surface area contributed by atoms with E-state index in [4.69, 9.17) is 21.1 Å². The Morgan fingerprint density at radius 1 is 1.12 bits per heavy atom. The van der Waals surface area contributed by atoms with Crippen LogP contribution >= 0.6 is 11.6 Å². The zero-order valence-corrected chi connectivity index (χ0v) is 18.7. The number of ether oxygens (including phenoxy) is 2. The van der Waals surface area contributed by atoms with E-state index in [2.05, 4.69) is 15.0 Å². The molecule has 7 nitrogen and oxygen atoms in total. The van der Waals surface area contributed by atoms with Crippen molar-refractivity contribution < 1.29 is 13.9 Å². The van der Waals surface area contributed by atoms with Crippen LogP contribution in [-0.2, 0) is 6.61 Å². The van der Waals surface area contributed by atoms with Gasteiger partial charge in [-0.25, -0.2) is 14.4 Å². The third-order valence-corrected chi connectivity index (χ3v) is 5.65. The van der Waals surface area contributed by atoms with Crippen LogP contribution in [0.15, 0.2) is 78.2 Å². The minimum Gasteiger partial charge on any atom is -0.497 e. The van der Waals surface area contributed by atoms with Gasteiger partial charge >= 0.3 is 0 Å². The van der Waals surface area contributed by atoms with Gasteiger partial charge < -0.3 is 19.0 Å². The smallest absolute Gasteiger partial charge is 0.223 e. The number of pyridine rings is 3. The number of nitrogens with one attached hydrogen (secondary N) is 1. The highest BCUT2D eigenvalue weighted by Crippen LogP contribution is 2.36. The number of rotatable bonds is 6. The van der Waals surface area contributed by atoms with Crippen molar-refractivity contribution in [2.24, 2.45) is 0 Å². The Morgan fingerprint density at radius 2 is 1.94 bits per heavy atom. The molecule has 4 aromatic heterocycles. The van der Waals surface area contributed by atoms with Gasteiger partial charge in [0.2, 0.25) is 5.43 Å². The van der Waals surface area contributed by atoms with Crippen LogP contribution in [0.25, 0.3) is 28.0 Å². The SMILES string of the molecule is COc1ccc(COc2cn(-c3nccc(-c4c(Cl)cnc5[nH]ccc45)c3F)ccc2=O)cc1. The van der Waals surface area contributed by atoms with Crippen LogP contribution in [0.1, 0.15) is 5.56 Å². The van der Waals surface area contributed by atoms with Crippen LogP contribution in [0.5, 0.6) is 11.5 Å². The zero-order valence-electron chi connectivity index (χ0n) is 18.0. The fourth-order valence-electron chi connectivity index (χ4n) is 3.65. The maximum Gasteiger partial charge on any atom is 0.223 e. The number of halogens is 2. The highest BCUT2D eigenvalue weighted by Gasteiger charge is 2.19. The molecular weight excluding hydrogens is 459 g/mol. The second kappa shape index (κ2) is 8.99. The average molecular weight is 477 g/mol. The molecule has 0 radical (unpaired) electrons. The van der Waals surface area contributed by atoms with Crippen LogP contribution in [0.3, 0.4) is 0 Å². The molecular formula is C25H18ClFN4O3. The molecule has 0 aliphatic rings. The molecule has 0 aliphatic carbocycles. The van der Waals surface area contributed by atoms with E-state index in [9.17, 15) is 4.79 Å². The summed E-state index contributed by atoms with van der Waals surface area (Å²) in [5.74, 6) is 0.199. The van der Waals surface area contributed by atoms with Crippen molar-refractivity contribution in [1.82, 2.24) is 19.5 Å². The van der Waals surface area contributed by atoms with E-state index in [-0.39, 0.29) is 29.2 Å². The predicted octanol–water partition coefficient (Wildman–Crippen LogP) is 5.16. The summed E-state index contributed by atoms with van der Waals surface area (Å²) in [6.45, 7) is 0.164. The topological polar surface area (TPSA) is 82.0 Å². The molecule has 0 atom stereocenters. The first-order valence-electron chi connectivity index (χ1n) is 10.3. The highest BCUT2D eigenvalue weighted by atomic mass is 35.5. The van der Waals surface area contributed by atoms with Gasteiger partial charge in [-0.15, -0.1) is 0 Å². The van der Waals surface area contributed by atoms with E-state index in [1.165, 1.54) is 35.4 Å². The maximum absolute atomic E-state index is 15.7. The normalized spacial score (nSPS) is 11.0. The first-order valence-corrected chi connectivity index (χ1v) is 10.7. The van der Waals surface area contributed by atoms with Crippen LogP contribution < -0.4 is 14.9 Å². The van der Waals surface area contributed by atoms with Crippen LogP contribution in [0.2, 0.25) is 5.02 Å². The fourth-order valence-corrected chi connectivity index (χ4v) is 3.90. The molecule has 0 spiro atoms. The van der Waals surface area contributed by atoms with Gasteiger partial charge in [-0.3, -0.25) is 4.79 Å². The van der Waals surface area contributed by atoms with Crippen molar-refractivity contribution >= 4 is 22.6 Å². The second-order valence-electron chi connectivity index (χ2n) is 7.43. The molecule has 0 aliphatic heterocycles. The lowest BCUT2D eigenvalue weighted by atomic mass is 10.0. The highest BCUT2D eigenvalue weighted by molar-refractivity contribution is 6.34. The van der Waals surface area contributed by atoms with E-state index >= 15 is 4.39 Å². The monoisotopic (exact) mass is 476 g/mol. The number of nitrogens with zero attached hydrogens (tertiary/aromatic N) is 3. The number of methoxy groups -OCH3 is 1. The summed E-state index contributed by atoms with van der Waals surface area (Å²) in [6, 6.07) is 11.9. The van der Waals surface area contributed by atoms with Crippen molar-refractivity contribution in [2.75, 3.05) is 7.11 Å². The Bertz CT molecular complexity index is 1550. The quantitative estimate of drug-likeness (QED) is 0.366. The molecule has 5 aromatic rings. The van der Waals surface area contributed by atoms with Crippen molar-refractivity contribution in [2.45, 2.75) is 6.61 Å². The minimum absolute atomic E-state index is 0.00311. The summed E-state index contributed by atoms with van der Waals surface area (Å²) in [4.78, 5) is 23.8. The van der Waals surface area contributed by atoms with Gasteiger partial charge in [0.05, 0.1) is 18.3 Å². The molecule has 0 fully saturated rings. The Hall–Kier alpha value is -4.17. The molecule has 1 aromatic carbocycles. The van der Waals surface area contributed by atoms with E-state index in [1.807, 2.05) is 12.1 Å². The van der Waals surface area contributed by atoms with Gasteiger partial charge in [0.1, 0.15) is 18.0 Å². The third kappa shape index (κ3) is 3.99. The lowest BCUT2D eigenvalue weighted by molar-refractivity contribution is 0.301. The molecule has 0 saturated heterocycles. The molecule has 34 heavy (non-hydrogen) atoms. The number of hydrogen-bond acceptors (Lipinski definition) is 5. The number of aromatic amines is 1. The van der Waals surface area contributed by atoms with E-state index in [0.29, 0.717) is 21.6 Å². The van der Waals surface area contributed by atoms with E-state index in [0.717, 1.165) is 11.3 Å². The molecule has 0 saturated carbocycles. The molecule has 1 N–H and O–H groups in total. The standard InChI is InChI=1S/C25H18ClFN4O3/c1-33-16-4-2-15(3-5-16)14-34-21-13-31(11-8-20(21)32)25-23(27)17(6-10-29-25)22-18-7-9-28-24(18)30-12-19(22)26/h2-13H,14H2,1H3,(H,28,30). The first-order chi connectivity index (χ1) is 16.5. The van der Waals surface area contributed by atoms with Gasteiger partial charge in [0, 0.05) is 47.4 Å². The van der Waals surface area contributed by atoms with E-state index < -0.39 is 5.82 Å². The molecule has 0 unspecified atom stereocenters. The Kier molecular flexibility index (Phi) is 5.73. The molecule has 9 heteroatoms. The number of benzene rings is 1. The number of fused-ring (bicyclic) bond motifs is 1. The summed E-state index contributed by atoms with van der Waals surface area (Å²) < 4.78 is 28.0. The zero-order chi connectivity index (χ0) is 23.7. The molecule has 0 amide bonds. The van der Waals surface area contributed by atoms with E-state index in [1.54, 1.807) is 37.6 Å². The number of H-pyrrole nitrogens is 1. The third-order valence-electron chi connectivity index (χ3n) is 5.36. The van der Waals surface area contributed by atoms with Gasteiger partial charge in [-0.1, -0.05) is 23.7 Å². The Labute approximate surface area is 198 Å². The van der Waals surface area contributed by atoms with Gasteiger partial charge in [0.25, 0.3) is 0 Å². The second-order valence-corrected chi connectivity index (χ2v) is 7.84. The van der Waals surface area contributed by atoms with Crippen molar-refractivity contribution in [3.05, 3.63) is 100 Å². The summed E-state index contributed by atoms with van der Waals surface area (Å²) in [5.41, 5.74) is 1.89. The summed E-state index contributed by atoms with van der Waals surface area (Å²) in [5, 5.41) is 0.999. The number of aromatic nitrogens is 4. The van der Waals surface area contributed by atoms with Crippen LogP contribution in [0.4, 0.5) is 4.39 Å². The van der Waals surface area contributed by atoms with Crippen molar-refractivity contribution in [1.29, 1.82) is 0 Å². The first kappa shape index (κ1) is 21.7. The Balaban J connectivity index is 1.50. The average Bonchev–Trinajstić information content (AvgIpc) is 3.33. The van der Waals surface area contributed by atoms with Crippen LogP contribution in [0, 0.1) is 5.82 Å². The fraction of sp³-hybridized carbons (Fsp3) is 0.0800. The molecule has 170 valence electrons. The lowest BCUT2D eigenvalue weighted by Gasteiger charge is -2.13. The van der Waals surface area contributed by atoms with Crippen molar-refractivity contribution in [3.63, 3.8) is 0 Å². The summed E-state index contributed by atoms with van der Waals surface area (Å²) in [7, 11) is 1.59.